The maximum atomic E-state index is 14.1. The van der Waals surface area contributed by atoms with Crippen LogP contribution in [0.2, 0.25) is 0 Å². The van der Waals surface area contributed by atoms with Crippen molar-refractivity contribution in [3.63, 3.8) is 0 Å². The Morgan fingerprint density at radius 3 is 2.32 bits per heavy atom. The Bertz CT molecular complexity index is 1390. The van der Waals surface area contributed by atoms with Crippen molar-refractivity contribution in [3.05, 3.63) is 59.9 Å². The Hall–Kier alpha value is -2.36. The first-order chi connectivity index (χ1) is 18.3. The number of sulfone groups is 1. The molecule has 6 rings (SSSR count). The third-order valence-electron chi connectivity index (χ3n) is 9.07. The first-order valence-electron chi connectivity index (χ1n) is 13.7. The Morgan fingerprint density at radius 1 is 0.974 bits per heavy atom. The molecule has 0 saturated carbocycles. The molecule has 3 aliphatic heterocycles. The Kier molecular flexibility index (Phi) is 7.03. The highest BCUT2D eigenvalue weighted by atomic mass is 32.2. The molecule has 0 spiro atoms. The highest BCUT2D eigenvalue weighted by Crippen LogP contribution is 2.43. The lowest BCUT2D eigenvalue weighted by atomic mass is 9.79. The molecule has 3 aromatic rings. The van der Waals surface area contributed by atoms with Crippen LogP contribution in [-0.2, 0) is 14.6 Å². The molecule has 3 aliphatic rings. The number of hydrogen-bond donors (Lipinski definition) is 0. The van der Waals surface area contributed by atoms with Crippen LogP contribution in [0.3, 0.4) is 0 Å². The molecule has 0 aliphatic carbocycles. The van der Waals surface area contributed by atoms with Gasteiger partial charge >= 0.3 is 0 Å². The summed E-state index contributed by atoms with van der Waals surface area (Å²) < 4.78 is 60.0. The molecule has 1 aromatic heterocycles. The average molecular weight is 544 g/mol. The van der Waals surface area contributed by atoms with Crippen LogP contribution in [0.25, 0.3) is 11.0 Å². The van der Waals surface area contributed by atoms with Gasteiger partial charge in [0.15, 0.2) is 9.84 Å². The van der Waals surface area contributed by atoms with E-state index in [1.807, 2.05) is 12.4 Å². The quantitative estimate of drug-likeness (QED) is 0.395. The van der Waals surface area contributed by atoms with Crippen molar-refractivity contribution in [1.29, 1.82) is 0 Å². The minimum Gasteiger partial charge on any atom is -0.381 e. The summed E-state index contributed by atoms with van der Waals surface area (Å²) >= 11 is 0. The minimum absolute atomic E-state index is 0.114. The van der Waals surface area contributed by atoms with Crippen molar-refractivity contribution in [2.24, 2.45) is 5.92 Å². The van der Waals surface area contributed by atoms with E-state index in [9.17, 15) is 17.2 Å². The zero-order valence-electron chi connectivity index (χ0n) is 21.7. The predicted octanol–water partition coefficient (Wildman–Crippen LogP) is 5.49. The molecule has 3 fully saturated rings. The number of nitrogens with zero attached hydrogens (tertiary/aromatic N) is 3. The molecule has 3 atom stereocenters. The van der Waals surface area contributed by atoms with Crippen molar-refractivity contribution in [2.45, 2.75) is 73.9 Å². The maximum Gasteiger partial charge on any atom is 0.175 e. The lowest BCUT2D eigenvalue weighted by Crippen LogP contribution is -2.44. The van der Waals surface area contributed by atoms with Gasteiger partial charge in [-0.3, -0.25) is 4.90 Å². The van der Waals surface area contributed by atoms with Crippen LogP contribution < -0.4 is 0 Å². The van der Waals surface area contributed by atoms with Crippen LogP contribution in [0.15, 0.2) is 47.6 Å². The van der Waals surface area contributed by atoms with Crippen molar-refractivity contribution < 1.29 is 21.9 Å². The highest BCUT2D eigenvalue weighted by Gasteiger charge is 2.42. The van der Waals surface area contributed by atoms with Gasteiger partial charge in [0, 0.05) is 43.7 Å². The summed E-state index contributed by atoms with van der Waals surface area (Å²) in [7, 11) is -3.28. The average Bonchev–Trinajstić information content (AvgIpc) is 3.40. The van der Waals surface area contributed by atoms with Crippen LogP contribution in [0.1, 0.15) is 62.5 Å². The van der Waals surface area contributed by atoms with Gasteiger partial charge in [-0.05, 0) is 99.2 Å². The number of rotatable bonds is 7. The van der Waals surface area contributed by atoms with Gasteiger partial charge in [-0.2, -0.15) is 0 Å². The van der Waals surface area contributed by atoms with Gasteiger partial charge in [-0.15, -0.1) is 0 Å². The molecule has 9 heteroatoms. The molecule has 4 heterocycles. The molecule has 3 saturated heterocycles. The van der Waals surface area contributed by atoms with Gasteiger partial charge in [0.1, 0.15) is 11.6 Å². The molecule has 0 amide bonds. The summed E-state index contributed by atoms with van der Waals surface area (Å²) in [5, 5.41) is 0. The topological polar surface area (TPSA) is 64.4 Å². The Morgan fingerprint density at radius 2 is 1.66 bits per heavy atom. The first kappa shape index (κ1) is 25.9. The van der Waals surface area contributed by atoms with E-state index in [0.717, 1.165) is 68.6 Å². The molecule has 0 N–H and O–H groups in total. The van der Waals surface area contributed by atoms with Crippen LogP contribution in [0.5, 0.6) is 0 Å². The fourth-order valence-electron chi connectivity index (χ4n) is 7.24. The second kappa shape index (κ2) is 10.3. The second-order valence-electron chi connectivity index (χ2n) is 11.4. The number of ether oxygens (including phenoxy) is 1. The smallest absolute Gasteiger partial charge is 0.175 e. The number of halogens is 2. The highest BCUT2D eigenvalue weighted by molar-refractivity contribution is 7.90. The molecule has 2 unspecified atom stereocenters. The van der Waals surface area contributed by atoms with E-state index in [0.29, 0.717) is 47.7 Å². The molecule has 2 aromatic carbocycles. The zero-order valence-corrected chi connectivity index (χ0v) is 22.5. The van der Waals surface area contributed by atoms with E-state index in [1.165, 1.54) is 18.4 Å². The molecule has 6 nitrogen and oxygen atoms in total. The lowest BCUT2D eigenvalue weighted by molar-refractivity contribution is 0.0511. The molecule has 204 valence electrons. The van der Waals surface area contributed by atoms with E-state index in [-0.39, 0.29) is 5.92 Å². The van der Waals surface area contributed by atoms with E-state index in [2.05, 4.69) is 14.5 Å². The van der Waals surface area contributed by atoms with Crippen molar-refractivity contribution in [1.82, 2.24) is 14.5 Å². The van der Waals surface area contributed by atoms with Crippen molar-refractivity contribution >= 4 is 20.9 Å². The number of imidazole rings is 1. The summed E-state index contributed by atoms with van der Waals surface area (Å²) in [6.45, 7) is 2.34. The van der Waals surface area contributed by atoms with Crippen molar-refractivity contribution in [2.75, 3.05) is 26.0 Å². The van der Waals surface area contributed by atoms with E-state index in [1.54, 1.807) is 12.1 Å². The van der Waals surface area contributed by atoms with E-state index < -0.39 is 21.5 Å². The summed E-state index contributed by atoms with van der Waals surface area (Å²) in [5.74, 6) is -0.527. The molecule has 2 bridgehead atoms. The third kappa shape index (κ3) is 5.12. The van der Waals surface area contributed by atoms with E-state index in [4.69, 9.17) is 4.74 Å². The number of aromatic nitrogens is 2. The fourth-order valence-corrected chi connectivity index (χ4v) is 7.88. The van der Waals surface area contributed by atoms with Gasteiger partial charge in [-0.25, -0.2) is 22.2 Å². The SMILES string of the molecule is CS(=O)(=O)c1ccc2c(c1)ncn2C1CC2CCC(C1)N2CC[C@@H](c1cc(F)cc(F)c1)C1CCOCC1. The predicted molar refractivity (Wildman–Crippen MR) is 142 cm³/mol. The molecular weight excluding hydrogens is 508 g/mol. The fraction of sp³-hybridized carbons (Fsp3) is 0.552. The lowest BCUT2D eigenvalue weighted by Gasteiger charge is -2.41. The standard InChI is InChI=1S/C29H35F2N3O3S/c1-38(35,36)26-4-5-29-28(17-26)32-18-34(29)25-15-23-2-3-24(16-25)33(23)9-6-27(19-7-10-37-11-8-19)20-12-21(30)14-22(31)13-20/h4-5,12-14,17-19,23-25,27H,2-3,6-11,15-16H2,1H3/t23?,24?,25?,27-/m1/s1. The monoisotopic (exact) mass is 543 g/mol. The van der Waals surface area contributed by atoms with Gasteiger partial charge in [0.05, 0.1) is 22.3 Å². The minimum atomic E-state index is -3.28. The number of fused-ring (bicyclic) bond motifs is 3. The number of benzene rings is 2. The van der Waals surface area contributed by atoms with E-state index >= 15 is 0 Å². The molecule has 0 radical (unpaired) electrons. The summed E-state index contributed by atoms with van der Waals surface area (Å²) in [6, 6.07) is 10.5. The third-order valence-corrected chi connectivity index (χ3v) is 10.2. The largest absolute Gasteiger partial charge is 0.381 e. The number of piperidine rings is 1. The molecular formula is C29H35F2N3O3S. The summed E-state index contributed by atoms with van der Waals surface area (Å²) in [5.41, 5.74) is 2.46. The van der Waals surface area contributed by atoms with Crippen LogP contribution in [0.4, 0.5) is 8.78 Å². The Labute approximate surface area is 222 Å². The summed E-state index contributed by atoms with van der Waals surface area (Å²) in [6.07, 6.45) is 10.2. The van der Waals surface area contributed by atoms with Crippen LogP contribution in [0, 0.1) is 17.6 Å². The van der Waals surface area contributed by atoms with Crippen molar-refractivity contribution in [3.8, 4) is 0 Å². The van der Waals surface area contributed by atoms with Gasteiger partial charge < -0.3 is 9.30 Å². The van der Waals surface area contributed by atoms with Crippen LogP contribution >= 0.6 is 0 Å². The van der Waals surface area contributed by atoms with Crippen LogP contribution in [-0.4, -0.2) is 61.0 Å². The van der Waals surface area contributed by atoms with Gasteiger partial charge in [0.2, 0.25) is 0 Å². The zero-order chi connectivity index (χ0) is 26.4. The second-order valence-corrected chi connectivity index (χ2v) is 13.4. The first-order valence-corrected chi connectivity index (χ1v) is 15.6. The molecule has 38 heavy (non-hydrogen) atoms. The normalized spacial score (nSPS) is 25.7. The maximum absolute atomic E-state index is 14.1. The van der Waals surface area contributed by atoms with Gasteiger partial charge in [-0.1, -0.05) is 0 Å². The Balaban J connectivity index is 1.18. The summed E-state index contributed by atoms with van der Waals surface area (Å²) in [4.78, 5) is 7.46. The number of hydrogen-bond acceptors (Lipinski definition) is 5. The van der Waals surface area contributed by atoms with Gasteiger partial charge in [0.25, 0.3) is 0 Å².